The number of nitro groups is 1. The Morgan fingerprint density at radius 3 is 2.54 bits per heavy atom. The first-order chi connectivity index (χ1) is 13.6. The summed E-state index contributed by atoms with van der Waals surface area (Å²) >= 11 is 0. The number of benzene rings is 2. The fourth-order valence-electron chi connectivity index (χ4n) is 2.25. The molecule has 1 heterocycles. The number of para-hydroxylation sites is 1. The van der Waals surface area contributed by atoms with E-state index in [1.54, 1.807) is 24.3 Å². The van der Waals surface area contributed by atoms with Crippen molar-refractivity contribution in [1.29, 1.82) is 0 Å². The minimum Gasteiger partial charge on any atom is -0.459 e. The molecule has 9 heteroatoms. The van der Waals surface area contributed by atoms with Crippen molar-refractivity contribution in [2.75, 3.05) is 0 Å². The van der Waals surface area contributed by atoms with Crippen LogP contribution in [0.5, 0.6) is 5.75 Å². The van der Waals surface area contributed by atoms with Gasteiger partial charge in [0.15, 0.2) is 5.76 Å². The summed E-state index contributed by atoms with van der Waals surface area (Å²) < 4.78 is 10.2. The highest BCUT2D eigenvalue weighted by molar-refractivity contribution is 5.95. The molecular weight excluding hydrogens is 366 g/mol. The normalized spacial score (nSPS) is 10.6. The number of carbonyl (C=O) groups excluding carboxylic acids is 2. The number of hydrazone groups is 1. The average Bonchev–Trinajstić information content (AvgIpc) is 3.24. The van der Waals surface area contributed by atoms with Crippen molar-refractivity contribution < 1.29 is 23.7 Å². The number of furan rings is 1. The van der Waals surface area contributed by atoms with Gasteiger partial charge in [0.2, 0.25) is 5.75 Å². The van der Waals surface area contributed by atoms with Gasteiger partial charge in [-0.25, -0.2) is 10.2 Å². The topological polar surface area (TPSA) is 124 Å². The number of carbonyl (C=O) groups is 2. The Kier molecular flexibility index (Phi) is 5.56. The third-order valence-electron chi connectivity index (χ3n) is 3.54. The number of amides is 1. The van der Waals surface area contributed by atoms with Crippen molar-refractivity contribution in [3.05, 3.63) is 93.9 Å². The lowest BCUT2D eigenvalue weighted by Crippen LogP contribution is -2.17. The van der Waals surface area contributed by atoms with Gasteiger partial charge in [0, 0.05) is 11.6 Å². The smallest absolute Gasteiger partial charge is 0.343 e. The van der Waals surface area contributed by atoms with Crippen molar-refractivity contribution in [2.24, 2.45) is 5.10 Å². The van der Waals surface area contributed by atoms with Crippen LogP contribution in [-0.4, -0.2) is 23.0 Å². The van der Waals surface area contributed by atoms with Gasteiger partial charge in [-0.1, -0.05) is 24.3 Å². The summed E-state index contributed by atoms with van der Waals surface area (Å²) in [5.74, 6) is -1.59. The zero-order valence-electron chi connectivity index (χ0n) is 14.3. The van der Waals surface area contributed by atoms with Gasteiger partial charge in [0.25, 0.3) is 0 Å². The van der Waals surface area contributed by atoms with Gasteiger partial charge in [0.1, 0.15) is 0 Å². The second-order valence-corrected chi connectivity index (χ2v) is 5.38. The molecule has 3 aromatic rings. The Hall–Kier alpha value is -4.27. The lowest BCUT2D eigenvalue weighted by Gasteiger charge is -2.08. The molecule has 0 unspecified atom stereocenters. The zero-order chi connectivity index (χ0) is 19.9. The van der Waals surface area contributed by atoms with E-state index >= 15 is 0 Å². The molecule has 1 amide bonds. The first-order valence-electron chi connectivity index (χ1n) is 7.98. The molecule has 0 spiro atoms. The van der Waals surface area contributed by atoms with Gasteiger partial charge in [0.05, 0.1) is 23.0 Å². The number of nitro benzene ring substituents is 1. The van der Waals surface area contributed by atoms with Crippen LogP contribution in [0, 0.1) is 10.1 Å². The number of nitrogens with one attached hydrogen (secondary N) is 1. The maximum absolute atomic E-state index is 12.3. The molecule has 2 aromatic carbocycles. The number of esters is 1. The molecule has 0 radical (unpaired) electrons. The highest BCUT2D eigenvalue weighted by atomic mass is 16.6. The van der Waals surface area contributed by atoms with E-state index in [-0.39, 0.29) is 22.6 Å². The van der Waals surface area contributed by atoms with Crippen molar-refractivity contribution >= 4 is 23.8 Å². The van der Waals surface area contributed by atoms with Gasteiger partial charge in [-0.2, -0.15) is 5.10 Å². The summed E-state index contributed by atoms with van der Waals surface area (Å²) in [6.07, 6.45) is 2.47. The molecule has 1 aromatic heterocycles. The van der Waals surface area contributed by atoms with E-state index in [0.717, 1.165) is 6.21 Å². The number of rotatable bonds is 6. The van der Waals surface area contributed by atoms with Crippen LogP contribution in [0.3, 0.4) is 0 Å². The van der Waals surface area contributed by atoms with E-state index in [9.17, 15) is 19.7 Å². The Balaban J connectivity index is 1.85. The monoisotopic (exact) mass is 379 g/mol. The molecule has 140 valence electrons. The first-order valence-corrected chi connectivity index (χ1v) is 7.98. The summed E-state index contributed by atoms with van der Waals surface area (Å²) in [6, 6.07) is 15.1. The Morgan fingerprint density at radius 2 is 1.86 bits per heavy atom. The molecule has 0 aliphatic rings. The molecular formula is C19H13N3O6. The van der Waals surface area contributed by atoms with E-state index in [1.807, 2.05) is 0 Å². The highest BCUT2D eigenvalue weighted by Gasteiger charge is 2.22. The van der Waals surface area contributed by atoms with Gasteiger partial charge < -0.3 is 9.15 Å². The van der Waals surface area contributed by atoms with E-state index in [2.05, 4.69) is 10.5 Å². The summed E-state index contributed by atoms with van der Waals surface area (Å²) in [5.41, 5.74) is 2.18. The molecule has 9 nitrogen and oxygen atoms in total. The molecule has 0 bridgehead atoms. The third-order valence-corrected chi connectivity index (χ3v) is 3.54. The van der Waals surface area contributed by atoms with E-state index < -0.39 is 22.5 Å². The van der Waals surface area contributed by atoms with Crippen LogP contribution in [0.25, 0.3) is 0 Å². The van der Waals surface area contributed by atoms with Crippen LogP contribution in [0.15, 0.2) is 76.4 Å². The third kappa shape index (κ3) is 4.28. The maximum Gasteiger partial charge on any atom is 0.343 e. The van der Waals surface area contributed by atoms with Crippen molar-refractivity contribution in [2.45, 2.75) is 0 Å². The van der Waals surface area contributed by atoms with Crippen LogP contribution >= 0.6 is 0 Å². The Labute approximate surface area is 158 Å². The van der Waals surface area contributed by atoms with Crippen LogP contribution in [0.2, 0.25) is 0 Å². The van der Waals surface area contributed by atoms with Crippen molar-refractivity contribution in [3.63, 3.8) is 0 Å². The quantitative estimate of drug-likeness (QED) is 0.231. The number of hydrogen-bond donors (Lipinski definition) is 1. The molecule has 3 rings (SSSR count). The number of ether oxygens (including phenoxy) is 1. The summed E-state index contributed by atoms with van der Waals surface area (Å²) in [4.78, 5) is 34.8. The Morgan fingerprint density at radius 1 is 1.07 bits per heavy atom. The highest BCUT2D eigenvalue weighted by Crippen LogP contribution is 2.30. The van der Waals surface area contributed by atoms with E-state index in [1.165, 1.54) is 42.7 Å². The van der Waals surface area contributed by atoms with Gasteiger partial charge >= 0.3 is 17.6 Å². The zero-order valence-corrected chi connectivity index (χ0v) is 14.3. The predicted molar refractivity (Wildman–Crippen MR) is 98.3 cm³/mol. The Bertz CT molecular complexity index is 1030. The second-order valence-electron chi connectivity index (χ2n) is 5.38. The minimum atomic E-state index is -0.760. The number of nitrogens with zero attached hydrogens (tertiary/aromatic N) is 2. The molecule has 0 aliphatic heterocycles. The fourth-order valence-corrected chi connectivity index (χ4v) is 2.25. The molecule has 0 atom stereocenters. The maximum atomic E-state index is 12.3. The number of hydrogen-bond acceptors (Lipinski definition) is 7. The first kappa shape index (κ1) is 18.5. The predicted octanol–water partition coefficient (Wildman–Crippen LogP) is 3.17. The lowest BCUT2D eigenvalue weighted by molar-refractivity contribution is -0.385. The second kappa shape index (κ2) is 8.41. The summed E-state index contributed by atoms with van der Waals surface area (Å²) in [5, 5.41) is 15.1. The van der Waals surface area contributed by atoms with Crippen molar-refractivity contribution in [3.8, 4) is 5.75 Å². The van der Waals surface area contributed by atoms with Gasteiger partial charge in [-0.05, 0) is 30.3 Å². The minimum absolute atomic E-state index is 0.0481. The van der Waals surface area contributed by atoms with Crippen LogP contribution in [0.1, 0.15) is 26.5 Å². The molecule has 0 saturated heterocycles. The molecule has 28 heavy (non-hydrogen) atoms. The SMILES string of the molecule is O=C(Oc1c(/C=N/NC(=O)c2ccco2)cccc1[N+](=O)[O-])c1ccccc1. The van der Waals surface area contributed by atoms with E-state index in [0.29, 0.717) is 0 Å². The lowest BCUT2D eigenvalue weighted by atomic mass is 10.2. The van der Waals surface area contributed by atoms with Gasteiger partial charge in [-0.15, -0.1) is 0 Å². The molecule has 0 fully saturated rings. The van der Waals surface area contributed by atoms with Crippen LogP contribution < -0.4 is 10.2 Å². The standard InChI is InChI=1S/C19H13N3O6/c23-18(16-10-5-11-27-16)21-20-12-14-8-4-9-15(22(25)26)17(14)28-19(24)13-6-2-1-3-7-13/h1-12H,(H,21,23)/b20-12+. The molecule has 0 aliphatic carbocycles. The van der Waals surface area contributed by atoms with Gasteiger partial charge in [-0.3, -0.25) is 14.9 Å². The van der Waals surface area contributed by atoms with E-state index in [4.69, 9.17) is 9.15 Å². The fraction of sp³-hybridized carbons (Fsp3) is 0. The van der Waals surface area contributed by atoms with Crippen LogP contribution in [-0.2, 0) is 0 Å². The molecule has 1 N–H and O–H groups in total. The summed E-state index contributed by atoms with van der Waals surface area (Å²) in [6.45, 7) is 0. The largest absolute Gasteiger partial charge is 0.459 e. The summed E-state index contributed by atoms with van der Waals surface area (Å²) in [7, 11) is 0. The molecule has 0 saturated carbocycles. The van der Waals surface area contributed by atoms with Crippen LogP contribution in [0.4, 0.5) is 5.69 Å². The average molecular weight is 379 g/mol. The van der Waals surface area contributed by atoms with Crippen molar-refractivity contribution in [1.82, 2.24) is 5.43 Å².